The lowest BCUT2D eigenvalue weighted by atomic mass is 9.98. The van der Waals surface area contributed by atoms with Crippen LogP contribution >= 0.6 is 0 Å². The summed E-state index contributed by atoms with van der Waals surface area (Å²) >= 11 is 0. The lowest BCUT2D eigenvalue weighted by Crippen LogP contribution is -2.55. The summed E-state index contributed by atoms with van der Waals surface area (Å²) in [5, 5.41) is 2.57. The molecule has 1 fully saturated rings. The summed E-state index contributed by atoms with van der Waals surface area (Å²) in [5.41, 5.74) is 3.75. The first kappa shape index (κ1) is 30.9. The average molecular weight is 588 g/mol. The van der Waals surface area contributed by atoms with Gasteiger partial charge in [0.25, 0.3) is 5.91 Å². The van der Waals surface area contributed by atoms with Crippen molar-refractivity contribution in [3.05, 3.63) is 81.5 Å². The first-order valence-corrected chi connectivity index (χ1v) is 13.6. The van der Waals surface area contributed by atoms with Crippen LogP contribution in [0.5, 0.6) is 0 Å². The molecule has 0 radical (unpaired) electrons. The molecule has 3 aromatic rings. The topological polar surface area (TPSA) is 112 Å². The van der Waals surface area contributed by atoms with Crippen LogP contribution in [-0.2, 0) is 6.18 Å². The minimum absolute atomic E-state index is 0.134. The number of nitrogens with zero attached hydrogens (tertiary/aromatic N) is 2. The van der Waals surface area contributed by atoms with E-state index in [1.165, 1.54) is 18.2 Å². The Kier molecular flexibility index (Phi) is 9.17. The molecule has 4 N–H and O–H groups in total. The van der Waals surface area contributed by atoms with E-state index in [0.29, 0.717) is 43.4 Å². The van der Waals surface area contributed by atoms with Crippen molar-refractivity contribution in [1.29, 1.82) is 0 Å². The smallest absolute Gasteiger partial charge is 0.367 e. The van der Waals surface area contributed by atoms with E-state index < -0.39 is 34.6 Å². The number of nitrogens with one attached hydrogen (secondary N) is 2. The van der Waals surface area contributed by atoms with Crippen LogP contribution < -0.4 is 21.5 Å². The number of alkyl halides is 3. The van der Waals surface area contributed by atoms with Crippen LogP contribution in [0.25, 0.3) is 11.1 Å². The molecule has 1 saturated heterocycles. The number of halogens is 4. The minimum Gasteiger partial charge on any atom is -0.367 e. The second kappa shape index (κ2) is 12.5. The molecule has 2 aromatic carbocycles. The van der Waals surface area contributed by atoms with Crippen LogP contribution in [0.4, 0.5) is 28.9 Å². The van der Waals surface area contributed by atoms with E-state index in [1.54, 1.807) is 12.1 Å². The molecule has 4 rings (SSSR count). The molecule has 1 aliphatic rings. The molecule has 8 nitrogen and oxygen atoms in total. The standard InChI is InChI=1S/C30H33F4N5O3/c1-17-15-39(16-18(2)38(17)3)26-9-7-19(21-8-6-20(11-24(21)31)27(40)5-4-10-35)12-25(26)37-29(42)22-14-36-28(41)13-23(22)30(32,33)34/h6-9,11-14,17-18H,4-5,10,15-16,35H2,1-3H3,(H,36,41)(H,37,42)/t17-,18+. The van der Waals surface area contributed by atoms with Gasteiger partial charge in [-0.05, 0) is 57.6 Å². The number of carbonyl (C=O) groups excluding carboxylic acids is 2. The largest absolute Gasteiger partial charge is 0.417 e. The van der Waals surface area contributed by atoms with Gasteiger partial charge in [0, 0.05) is 55.0 Å². The first-order chi connectivity index (χ1) is 19.8. The lowest BCUT2D eigenvalue weighted by molar-refractivity contribution is -0.138. The van der Waals surface area contributed by atoms with Crippen molar-refractivity contribution in [2.24, 2.45) is 5.73 Å². The van der Waals surface area contributed by atoms with E-state index in [1.807, 2.05) is 25.8 Å². The molecular weight excluding hydrogens is 554 g/mol. The Bertz CT molecular complexity index is 1530. The number of Topliss-reactive ketones (excluding diaryl/α,β-unsaturated/α-hetero) is 1. The van der Waals surface area contributed by atoms with Crippen LogP contribution in [0.3, 0.4) is 0 Å². The number of carbonyl (C=O) groups is 2. The maximum absolute atomic E-state index is 15.3. The number of ketones is 1. The maximum Gasteiger partial charge on any atom is 0.417 e. The van der Waals surface area contributed by atoms with E-state index in [-0.39, 0.29) is 41.1 Å². The number of hydrogen-bond acceptors (Lipinski definition) is 6. The summed E-state index contributed by atoms with van der Waals surface area (Å²) < 4.78 is 56.3. The van der Waals surface area contributed by atoms with Crippen molar-refractivity contribution in [2.75, 3.05) is 36.9 Å². The van der Waals surface area contributed by atoms with E-state index >= 15 is 4.39 Å². The number of H-pyrrole nitrogens is 1. The molecular formula is C30H33F4N5O3. The summed E-state index contributed by atoms with van der Waals surface area (Å²) in [5.74, 6) is -2.00. The van der Waals surface area contributed by atoms with E-state index in [9.17, 15) is 27.6 Å². The number of rotatable bonds is 8. The molecule has 1 amide bonds. The average Bonchev–Trinajstić information content (AvgIpc) is 2.93. The van der Waals surface area contributed by atoms with Crippen molar-refractivity contribution in [2.45, 2.75) is 44.9 Å². The number of aromatic nitrogens is 1. The number of benzene rings is 2. The Hall–Kier alpha value is -4.03. The van der Waals surface area contributed by atoms with Gasteiger partial charge in [-0.25, -0.2) is 4.39 Å². The van der Waals surface area contributed by atoms with Crippen LogP contribution in [-0.4, -0.2) is 60.3 Å². The molecule has 42 heavy (non-hydrogen) atoms. The molecule has 0 aliphatic carbocycles. The second-order valence-electron chi connectivity index (χ2n) is 10.6. The monoisotopic (exact) mass is 587 g/mol. The second-order valence-corrected chi connectivity index (χ2v) is 10.6. The highest BCUT2D eigenvalue weighted by Gasteiger charge is 2.36. The normalized spacial score (nSPS) is 17.8. The minimum atomic E-state index is -4.94. The van der Waals surface area contributed by atoms with Gasteiger partial charge in [0.2, 0.25) is 5.56 Å². The van der Waals surface area contributed by atoms with E-state index in [4.69, 9.17) is 5.73 Å². The zero-order valence-electron chi connectivity index (χ0n) is 23.5. The van der Waals surface area contributed by atoms with Gasteiger partial charge >= 0.3 is 6.18 Å². The third-order valence-electron chi connectivity index (χ3n) is 7.63. The lowest BCUT2D eigenvalue weighted by Gasteiger charge is -2.44. The number of aromatic amines is 1. The van der Waals surface area contributed by atoms with E-state index in [0.717, 1.165) is 12.3 Å². The van der Waals surface area contributed by atoms with E-state index in [2.05, 4.69) is 15.2 Å². The van der Waals surface area contributed by atoms with Crippen molar-refractivity contribution in [1.82, 2.24) is 9.88 Å². The summed E-state index contributed by atoms with van der Waals surface area (Å²) in [6.07, 6.45) is -3.56. The summed E-state index contributed by atoms with van der Waals surface area (Å²) in [6.45, 7) is 5.56. The number of likely N-dealkylation sites (N-methyl/N-ethyl adjacent to an activating group) is 1. The van der Waals surface area contributed by atoms with Gasteiger partial charge in [-0.1, -0.05) is 18.2 Å². The molecule has 1 aromatic heterocycles. The molecule has 0 bridgehead atoms. The maximum atomic E-state index is 15.3. The quantitative estimate of drug-likeness (QED) is 0.255. The highest BCUT2D eigenvalue weighted by atomic mass is 19.4. The number of nitrogens with two attached hydrogens (primary N) is 1. The SMILES string of the molecule is C[C@@H]1CN(c2ccc(-c3ccc(C(=O)CCCN)cc3F)cc2NC(=O)c2c[nH]c(=O)cc2C(F)(F)F)C[C@H](C)N1C. The molecule has 12 heteroatoms. The molecule has 1 aliphatic heterocycles. The summed E-state index contributed by atoms with van der Waals surface area (Å²) in [7, 11) is 2.00. The molecule has 0 spiro atoms. The van der Waals surface area contributed by atoms with Crippen LogP contribution in [0.1, 0.15) is 53.0 Å². The predicted molar refractivity (Wildman–Crippen MR) is 153 cm³/mol. The fourth-order valence-corrected chi connectivity index (χ4v) is 5.09. The molecule has 224 valence electrons. The highest BCUT2D eigenvalue weighted by molar-refractivity contribution is 6.07. The number of hydrogen-bond donors (Lipinski definition) is 3. The Morgan fingerprint density at radius 1 is 1.07 bits per heavy atom. The Balaban J connectivity index is 1.76. The predicted octanol–water partition coefficient (Wildman–Crippen LogP) is 4.90. The number of pyridine rings is 1. The summed E-state index contributed by atoms with van der Waals surface area (Å²) in [4.78, 5) is 43.6. The summed E-state index contributed by atoms with van der Waals surface area (Å²) in [6, 6.07) is 9.54. The number of piperazine rings is 1. The third kappa shape index (κ3) is 6.71. The fourth-order valence-electron chi connectivity index (χ4n) is 5.09. The van der Waals surface area contributed by atoms with Crippen molar-refractivity contribution < 1.29 is 27.2 Å². The first-order valence-electron chi connectivity index (χ1n) is 13.6. The van der Waals surface area contributed by atoms with Crippen LogP contribution in [0.15, 0.2) is 53.5 Å². The number of amides is 1. The molecule has 2 atom stereocenters. The highest BCUT2D eigenvalue weighted by Crippen LogP contribution is 2.36. The van der Waals surface area contributed by atoms with Gasteiger partial charge < -0.3 is 20.9 Å². The molecule has 2 heterocycles. The van der Waals surface area contributed by atoms with Crippen molar-refractivity contribution in [3.63, 3.8) is 0 Å². The van der Waals surface area contributed by atoms with Crippen molar-refractivity contribution in [3.8, 4) is 11.1 Å². The Morgan fingerprint density at radius 2 is 1.76 bits per heavy atom. The Morgan fingerprint density at radius 3 is 2.38 bits per heavy atom. The zero-order valence-corrected chi connectivity index (χ0v) is 23.5. The van der Waals surface area contributed by atoms with Gasteiger partial charge in [-0.15, -0.1) is 0 Å². The van der Waals surface area contributed by atoms with Gasteiger partial charge in [0.05, 0.1) is 22.5 Å². The molecule has 0 saturated carbocycles. The molecule has 0 unspecified atom stereocenters. The van der Waals surface area contributed by atoms with Gasteiger partial charge in [-0.3, -0.25) is 19.3 Å². The number of anilines is 2. The zero-order chi connectivity index (χ0) is 30.8. The van der Waals surface area contributed by atoms with Gasteiger partial charge in [0.1, 0.15) is 5.82 Å². The van der Waals surface area contributed by atoms with Crippen LogP contribution in [0, 0.1) is 5.82 Å². The third-order valence-corrected chi connectivity index (χ3v) is 7.63. The van der Waals surface area contributed by atoms with Crippen LogP contribution in [0.2, 0.25) is 0 Å². The van der Waals surface area contributed by atoms with Gasteiger partial charge in [-0.2, -0.15) is 13.2 Å². The van der Waals surface area contributed by atoms with Gasteiger partial charge in [0.15, 0.2) is 5.78 Å². The fraction of sp³-hybridized carbons (Fsp3) is 0.367. The van der Waals surface area contributed by atoms with Crippen molar-refractivity contribution >= 4 is 23.1 Å². The Labute approximate surface area is 240 Å².